The molecule has 1 unspecified atom stereocenters. The van der Waals surface area contributed by atoms with Crippen molar-refractivity contribution in [3.63, 3.8) is 0 Å². The van der Waals surface area contributed by atoms with Crippen LogP contribution in [0.4, 0.5) is 0 Å². The van der Waals surface area contributed by atoms with Gasteiger partial charge in [0.15, 0.2) is 9.84 Å². The van der Waals surface area contributed by atoms with Crippen LogP contribution in [-0.2, 0) is 26.0 Å². The zero-order chi connectivity index (χ0) is 16.0. The molecular weight excluding hydrogens is 294 g/mol. The average molecular weight is 313 g/mol. The number of hydrogen-bond donors (Lipinski definition) is 1. The van der Waals surface area contributed by atoms with Crippen LogP contribution in [0.1, 0.15) is 19.4 Å². The molecule has 0 saturated heterocycles. The Kier molecular flexibility index (Phi) is 5.90. The summed E-state index contributed by atoms with van der Waals surface area (Å²) >= 11 is 0. The first-order valence-corrected chi connectivity index (χ1v) is 8.35. The number of carboxylic acid groups (broad SMARTS) is 1. The number of hydrogen-bond acceptors (Lipinski definition) is 4. The maximum atomic E-state index is 12.2. The molecule has 0 aliphatic rings. The van der Waals surface area contributed by atoms with E-state index in [1.54, 1.807) is 30.3 Å². The molecule has 1 N–H and O–H groups in total. The summed E-state index contributed by atoms with van der Waals surface area (Å²) in [5, 5.41) is 9.09. The first-order valence-electron chi connectivity index (χ1n) is 6.53. The standard InChI is InChI=1S/C14H19NO5S/c1-3-21(19,20)10-13(16)15(11(2)14(17)18)9-12-7-5-4-6-8-12/h4-8,11H,3,9-10H2,1-2H3,(H,17,18). The van der Waals surface area contributed by atoms with Crippen LogP contribution in [0, 0.1) is 0 Å². The highest BCUT2D eigenvalue weighted by Crippen LogP contribution is 2.10. The minimum absolute atomic E-state index is 0.0619. The maximum Gasteiger partial charge on any atom is 0.326 e. The van der Waals surface area contributed by atoms with Crippen molar-refractivity contribution in [2.45, 2.75) is 26.4 Å². The second-order valence-corrected chi connectivity index (χ2v) is 7.05. The van der Waals surface area contributed by atoms with Crippen LogP contribution >= 0.6 is 0 Å². The smallest absolute Gasteiger partial charge is 0.326 e. The molecule has 1 amide bonds. The van der Waals surface area contributed by atoms with E-state index in [-0.39, 0.29) is 12.3 Å². The van der Waals surface area contributed by atoms with Crippen molar-refractivity contribution in [2.24, 2.45) is 0 Å². The van der Waals surface area contributed by atoms with Gasteiger partial charge in [-0.1, -0.05) is 37.3 Å². The van der Waals surface area contributed by atoms with Gasteiger partial charge in [-0.3, -0.25) is 4.79 Å². The lowest BCUT2D eigenvalue weighted by atomic mass is 10.2. The maximum absolute atomic E-state index is 12.2. The lowest BCUT2D eigenvalue weighted by Crippen LogP contribution is -2.45. The van der Waals surface area contributed by atoms with Gasteiger partial charge in [0, 0.05) is 12.3 Å². The Labute approximate surface area is 124 Å². The molecule has 21 heavy (non-hydrogen) atoms. The Hall–Kier alpha value is -1.89. The summed E-state index contributed by atoms with van der Waals surface area (Å²) in [5.41, 5.74) is 0.743. The van der Waals surface area contributed by atoms with Crippen molar-refractivity contribution in [3.8, 4) is 0 Å². The van der Waals surface area contributed by atoms with E-state index >= 15 is 0 Å². The third-order valence-corrected chi connectivity index (χ3v) is 4.69. The summed E-state index contributed by atoms with van der Waals surface area (Å²) < 4.78 is 23.1. The quantitative estimate of drug-likeness (QED) is 0.808. The highest BCUT2D eigenvalue weighted by molar-refractivity contribution is 7.92. The minimum atomic E-state index is -3.50. The number of carboxylic acids is 1. The molecule has 0 bridgehead atoms. The summed E-state index contributed by atoms with van der Waals surface area (Å²) in [4.78, 5) is 24.4. The van der Waals surface area contributed by atoms with Crippen LogP contribution < -0.4 is 0 Å². The Bertz CT molecular complexity index is 597. The summed E-state index contributed by atoms with van der Waals surface area (Å²) in [6, 6.07) is 7.76. The molecule has 0 fully saturated rings. The molecule has 116 valence electrons. The monoisotopic (exact) mass is 313 g/mol. The summed E-state index contributed by atoms with van der Waals surface area (Å²) in [7, 11) is -3.50. The molecule has 0 aliphatic heterocycles. The lowest BCUT2D eigenvalue weighted by molar-refractivity contribution is -0.149. The largest absolute Gasteiger partial charge is 0.480 e. The first-order chi connectivity index (χ1) is 9.76. The minimum Gasteiger partial charge on any atom is -0.480 e. The molecule has 7 heteroatoms. The normalized spacial score (nSPS) is 12.7. The molecule has 1 atom stereocenters. The fourth-order valence-electron chi connectivity index (χ4n) is 1.73. The average Bonchev–Trinajstić information content (AvgIpc) is 2.44. The van der Waals surface area contributed by atoms with Crippen LogP contribution in [0.2, 0.25) is 0 Å². The number of benzene rings is 1. The number of sulfone groups is 1. The first kappa shape index (κ1) is 17.2. The van der Waals surface area contributed by atoms with Gasteiger partial charge in [-0.15, -0.1) is 0 Å². The zero-order valence-corrected chi connectivity index (χ0v) is 12.8. The molecule has 1 rings (SSSR count). The number of carbonyl (C=O) groups excluding carboxylic acids is 1. The van der Waals surface area contributed by atoms with Crippen LogP contribution in [0.5, 0.6) is 0 Å². The van der Waals surface area contributed by atoms with E-state index in [1.165, 1.54) is 13.8 Å². The van der Waals surface area contributed by atoms with Crippen LogP contribution in [-0.4, -0.2) is 47.8 Å². The van der Waals surface area contributed by atoms with Crippen LogP contribution in [0.15, 0.2) is 30.3 Å². The molecule has 0 aromatic heterocycles. The fourth-order valence-corrected chi connectivity index (χ4v) is 2.47. The fraction of sp³-hybridized carbons (Fsp3) is 0.429. The van der Waals surface area contributed by atoms with Crippen molar-refractivity contribution in [2.75, 3.05) is 11.5 Å². The number of aliphatic carboxylic acids is 1. The molecule has 1 aromatic rings. The number of nitrogens with zero attached hydrogens (tertiary/aromatic N) is 1. The zero-order valence-electron chi connectivity index (χ0n) is 12.0. The Morgan fingerprint density at radius 1 is 1.24 bits per heavy atom. The third kappa shape index (κ3) is 5.18. The van der Waals surface area contributed by atoms with Gasteiger partial charge in [-0.25, -0.2) is 13.2 Å². The highest BCUT2D eigenvalue weighted by Gasteiger charge is 2.28. The summed E-state index contributed by atoms with van der Waals surface area (Å²) in [5.74, 6) is -2.70. The molecule has 0 saturated carbocycles. The molecule has 0 heterocycles. The van der Waals surface area contributed by atoms with E-state index in [0.717, 1.165) is 10.5 Å². The lowest BCUT2D eigenvalue weighted by Gasteiger charge is -2.26. The Balaban J connectivity index is 2.97. The highest BCUT2D eigenvalue weighted by atomic mass is 32.2. The van der Waals surface area contributed by atoms with Gasteiger partial charge in [0.05, 0.1) is 0 Å². The van der Waals surface area contributed by atoms with E-state index in [4.69, 9.17) is 5.11 Å². The molecule has 1 aromatic carbocycles. The van der Waals surface area contributed by atoms with E-state index in [1.807, 2.05) is 0 Å². The second-order valence-electron chi connectivity index (χ2n) is 4.70. The number of amides is 1. The SMILES string of the molecule is CCS(=O)(=O)CC(=O)N(Cc1ccccc1)C(C)C(=O)O. The predicted molar refractivity (Wildman–Crippen MR) is 78.4 cm³/mol. The second kappa shape index (κ2) is 7.21. The molecule has 0 radical (unpaired) electrons. The molecule has 0 aliphatic carbocycles. The van der Waals surface area contributed by atoms with Gasteiger partial charge < -0.3 is 10.0 Å². The van der Waals surface area contributed by atoms with Crippen molar-refractivity contribution in [1.82, 2.24) is 4.90 Å². The number of carbonyl (C=O) groups is 2. The predicted octanol–water partition coefficient (Wildman–Crippen LogP) is 0.923. The number of rotatable bonds is 7. The van der Waals surface area contributed by atoms with Gasteiger partial charge in [0.2, 0.25) is 5.91 Å². The van der Waals surface area contributed by atoms with Gasteiger partial charge in [-0.05, 0) is 12.5 Å². The molecule has 0 spiro atoms. The molecular formula is C14H19NO5S. The van der Waals surface area contributed by atoms with Crippen molar-refractivity contribution >= 4 is 21.7 Å². The van der Waals surface area contributed by atoms with Crippen LogP contribution in [0.25, 0.3) is 0 Å². The van der Waals surface area contributed by atoms with E-state index < -0.39 is 33.5 Å². The van der Waals surface area contributed by atoms with E-state index in [9.17, 15) is 18.0 Å². The summed E-state index contributed by atoms with van der Waals surface area (Å²) in [6.07, 6.45) is 0. The molecule has 6 nitrogen and oxygen atoms in total. The Morgan fingerprint density at radius 2 is 1.81 bits per heavy atom. The van der Waals surface area contributed by atoms with E-state index in [0.29, 0.717) is 0 Å². The van der Waals surface area contributed by atoms with Crippen LogP contribution in [0.3, 0.4) is 0 Å². The topological polar surface area (TPSA) is 91.8 Å². The summed E-state index contributed by atoms with van der Waals surface area (Å²) in [6.45, 7) is 2.87. The van der Waals surface area contributed by atoms with Gasteiger partial charge >= 0.3 is 5.97 Å². The van der Waals surface area contributed by atoms with Crippen molar-refractivity contribution in [3.05, 3.63) is 35.9 Å². The Morgan fingerprint density at radius 3 is 2.29 bits per heavy atom. The van der Waals surface area contributed by atoms with Gasteiger partial charge in [-0.2, -0.15) is 0 Å². The van der Waals surface area contributed by atoms with Gasteiger partial charge in [0.25, 0.3) is 0 Å². The van der Waals surface area contributed by atoms with Crippen molar-refractivity contribution < 1.29 is 23.1 Å². The van der Waals surface area contributed by atoms with Gasteiger partial charge in [0.1, 0.15) is 11.8 Å². The van der Waals surface area contributed by atoms with E-state index in [2.05, 4.69) is 0 Å². The van der Waals surface area contributed by atoms with Crippen molar-refractivity contribution in [1.29, 1.82) is 0 Å². The third-order valence-electron chi connectivity index (χ3n) is 3.12.